The largest absolute Gasteiger partial charge is 0.330 e. The number of hydrogen-bond donors (Lipinski definition) is 1. The highest BCUT2D eigenvalue weighted by Crippen LogP contribution is 2.37. The van der Waals surface area contributed by atoms with E-state index in [0.717, 1.165) is 6.54 Å². The summed E-state index contributed by atoms with van der Waals surface area (Å²) in [5.41, 5.74) is 7.27. The third-order valence-electron chi connectivity index (χ3n) is 3.85. The van der Waals surface area contributed by atoms with Crippen LogP contribution in [0, 0.1) is 0 Å². The number of likely N-dealkylation sites (N-methyl/N-ethyl adjacent to an activating group) is 1. The third-order valence-corrected chi connectivity index (χ3v) is 3.85. The van der Waals surface area contributed by atoms with E-state index in [0.29, 0.717) is 18.6 Å². The standard InChI is InChI=1S/C14H26N4/c1-3-4-5-8-17(2)13(9-15)14-10-16-11-18(14)12-6-7-12/h10-13H,3-9,15H2,1-2H3. The molecule has 1 aliphatic rings. The lowest BCUT2D eigenvalue weighted by molar-refractivity contribution is 0.235. The van der Waals surface area contributed by atoms with Gasteiger partial charge in [0.15, 0.2) is 0 Å². The summed E-state index contributed by atoms with van der Waals surface area (Å²) in [7, 11) is 2.18. The predicted octanol–water partition coefficient (Wildman–Crippen LogP) is 2.34. The summed E-state index contributed by atoms with van der Waals surface area (Å²) in [4.78, 5) is 6.69. The summed E-state index contributed by atoms with van der Waals surface area (Å²) in [5, 5.41) is 0. The van der Waals surface area contributed by atoms with Crippen LogP contribution in [-0.2, 0) is 0 Å². The van der Waals surface area contributed by atoms with Crippen molar-refractivity contribution < 1.29 is 0 Å². The molecule has 4 heteroatoms. The first-order chi connectivity index (χ1) is 8.77. The van der Waals surface area contributed by atoms with Gasteiger partial charge in [-0.05, 0) is 32.9 Å². The second-order valence-electron chi connectivity index (χ2n) is 5.40. The van der Waals surface area contributed by atoms with E-state index < -0.39 is 0 Å². The molecule has 1 aliphatic carbocycles. The number of hydrogen-bond acceptors (Lipinski definition) is 3. The highest BCUT2D eigenvalue weighted by atomic mass is 15.2. The molecule has 1 aromatic rings. The Morgan fingerprint density at radius 1 is 1.50 bits per heavy atom. The minimum Gasteiger partial charge on any atom is -0.330 e. The number of unbranched alkanes of at least 4 members (excludes halogenated alkanes) is 2. The maximum absolute atomic E-state index is 5.98. The summed E-state index contributed by atoms with van der Waals surface area (Å²) in [6, 6.07) is 0.991. The van der Waals surface area contributed by atoms with Gasteiger partial charge in [0.05, 0.1) is 18.1 Å². The smallest absolute Gasteiger partial charge is 0.0951 e. The second kappa shape index (κ2) is 6.34. The van der Waals surface area contributed by atoms with Crippen LogP contribution in [0.25, 0.3) is 0 Å². The van der Waals surface area contributed by atoms with Crippen molar-refractivity contribution in [3.05, 3.63) is 18.2 Å². The molecule has 1 fully saturated rings. The van der Waals surface area contributed by atoms with Crippen molar-refractivity contribution >= 4 is 0 Å². The zero-order valence-electron chi connectivity index (χ0n) is 11.7. The lowest BCUT2D eigenvalue weighted by Crippen LogP contribution is -2.32. The Hall–Kier alpha value is -0.870. The molecule has 0 amide bonds. The molecule has 18 heavy (non-hydrogen) atoms. The van der Waals surface area contributed by atoms with Gasteiger partial charge in [-0.15, -0.1) is 0 Å². The molecule has 0 radical (unpaired) electrons. The molecule has 1 saturated carbocycles. The van der Waals surface area contributed by atoms with Crippen molar-refractivity contribution in [2.24, 2.45) is 5.73 Å². The molecule has 1 unspecified atom stereocenters. The van der Waals surface area contributed by atoms with Crippen molar-refractivity contribution in [3.63, 3.8) is 0 Å². The molecule has 2 N–H and O–H groups in total. The Labute approximate surface area is 110 Å². The van der Waals surface area contributed by atoms with Crippen LogP contribution in [-0.4, -0.2) is 34.6 Å². The van der Waals surface area contributed by atoms with Gasteiger partial charge in [0.25, 0.3) is 0 Å². The van der Waals surface area contributed by atoms with E-state index >= 15 is 0 Å². The monoisotopic (exact) mass is 250 g/mol. The summed E-state index contributed by atoms with van der Waals surface area (Å²) < 4.78 is 2.33. The summed E-state index contributed by atoms with van der Waals surface area (Å²) in [6.07, 6.45) is 10.4. The SMILES string of the molecule is CCCCCN(C)C(CN)c1cncn1C1CC1. The van der Waals surface area contributed by atoms with Gasteiger partial charge in [-0.3, -0.25) is 4.90 Å². The molecule has 1 atom stereocenters. The molecule has 0 saturated heterocycles. The fraction of sp³-hybridized carbons (Fsp3) is 0.786. The van der Waals surface area contributed by atoms with Gasteiger partial charge in [0.2, 0.25) is 0 Å². The summed E-state index contributed by atoms with van der Waals surface area (Å²) in [6.45, 7) is 4.02. The van der Waals surface area contributed by atoms with Gasteiger partial charge in [0, 0.05) is 18.8 Å². The van der Waals surface area contributed by atoms with Crippen LogP contribution in [0.2, 0.25) is 0 Å². The van der Waals surface area contributed by atoms with Crippen molar-refractivity contribution in [2.45, 2.75) is 51.1 Å². The molecule has 1 heterocycles. The minimum absolute atomic E-state index is 0.310. The van der Waals surface area contributed by atoms with Gasteiger partial charge in [-0.1, -0.05) is 19.8 Å². The fourth-order valence-corrected chi connectivity index (χ4v) is 2.52. The minimum atomic E-state index is 0.310. The van der Waals surface area contributed by atoms with Crippen LogP contribution in [0.4, 0.5) is 0 Å². The van der Waals surface area contributed by atoms with E-state index in [4.69, 9.17) is 5.73 Å². The predicted molar refractivity (Wildman–Crippen MR) is 74.4 cm³/mol. The van der Waals surface area contributed by atoms with Crippen LogP contribution < -0.4 is 5.73 Å². The molecule has 0 bridgehead atoms. The van der Waals surface area contributed by atoms with E-state index in [2.05, 4.69) is 28.4 Å². The van der Waals surface area contributed by atoms with Gasteiger partial charge in [-0.2, -0.15) is 0 Å². The molecule has 102 valence electrons. The molecular weight excluding hydrogens is 224 g/mol. The van der Waals surface area contributed by atoms with Crippen LogP contribution in [0.1, 0.15) is 56.8 Å². The highest BCUT2D eigenvalue weighted by molar-refractivity contribution is 5.09. The zero-order valence-corrected chi connectivity index (χ0v) is 11.7. The first kappa shape index (κ1) is 13.6. The number of rotatable bonds is 8. The molecule has 0 aromatic carbocycles. The maximum Gasteiger partial charge on any atom is 0.0951 e. The van der Waals surface area contributed by atoms with Gasteiger partial charge in [-0.25, -0.2) is 4.98 Å². The van der Waals surface area contributed by atoms with E-state index in [1.54, 1.807) is 0 Å². The van der Waals surface area contributed by atoms with E-state index in [-0.39, 0.29) is 0 Å². The van der Waals surface area contributed by atoms with E-state index in [1.165, 1.54) is 37.8 Å². The first-order valence-electron chi connectivity index (χ1n) is 7.20. The number of nitrogens with zero attached hydrogens (tertiary/aromatic N) is 3. The van der Waals surface area contributed by atoms with Gasteiger partial charge in [0.1, 0.15) is 0 Å². The second-order valence-corrected chi connectivity index (χ2v) is 5.40. The average molecular weight is 250 g/mol. The van der Waals surface area contributed by atoms with Gasteiger partial charge < -0.3 is 10.3 Å². The van der Waals surface area contributed by atoms with Crippen LogP contribution in [0.5, 0.6) is 0 Å². The third kappa shape index (κ3) is 3.12. The molecule has 4 nitrogen and oxygen atoms in total. The van der Waals surface area contributed by atoms with Crippen molar-refractivity contribution in [3.8, 4) is 0 Å². The zero-order chi connectivity index (χ0) is 13.0. The van der Waals surface area contributed by atoms with Crippen LogP contribution in [0.3, 0.4) is 0 Å². The molecule has 1 aromatic heterocycles. The Balaban J connectivity index is 2.00. The quantitative estimate of drug-likeness (QED) is 0.720. The summed E-state index contributed by atoms with van der Waals surface area (Å²) >= 11 is 0. The van der Waals surface area contributed by atoms with Crippen molar-refractivity contribution in [1.29, 1.82) is 0 Å². The molecule has 2 rings (SSSR count). The van der Waals surface area contributed by atoms with Crippen LogP contribution in [0.15, 0.2) is 12.5 Å². The van der Waals surface area contributed by atoms with Crippen LogP contribution >= 0.6 is 0 Å². The fourth-order valence-electron chi connectivity index (χ4n) is 2.52. The Kier molecular flexibility index (Phi) is 4.78. The Morgan fingerprint density at radius 3 is 2.89 bits per heavy atom. The van der Waals surface area contributed by atoms with Crippen molar-refractivity contribution in [2.75, 3.05) is 20.1 Å². The number of nitrogens with two attached hydrogens (primary N) is 1. The Bertz CT molecular complexity index is 356. The molecule has 0 aliphatic heterocycles. The average Bonchev–Trinajstić information content (AvgIpc) is 3.11. The Morgan fingerprint density at radius 2 is 2.28 bits per heavy atom. The normalized spacial score (nSPS) is 17.3. The summed E-state index contributed by atoms with van der Waals surface area (Å²) in [5.74, 6) is 0. The lowest BCUT2D eigenvalue weighted by Gasteiger charge is -2.27. The van der Waals surface area contributed by atoms with E-state index in [9.17, 15) is 0 Å². The topological polar surface area (TPSA) is 47.1 Å². The maximum atomic E-state index is 5.98. The first-order valence-corrected chi connectivity index (χ1v) is 7.20. The van der Waals surface area contributed by atoms with Gasteiger partial charge >= 0.3 is 0 Å². The molecular formula is C14H26N4. The lowest BCUT2D eigenvalue weighted by atomic mass is 10.1. The number of aromatic nitrogens is 2. The molecule has 0 spiro atoms. The van der Waals surface area contributed by atoms with E-state index in [1.807, 2.05) is 12.5 Å². The highest BCUT2D eigenvalue weighted by Gasteiger charge is 2.28. The number of imidazole rings is 1. The van der Waals surface area contributed by atoms with Crippen molar-refractivity contribution in [1.82, 2.24) is 14.5 Å².